The number of anilines is 1. The Balaban J connectivity index is 0.946. The number of carbonyl (C=O) groups excluding carboxylic acids is 4. The van der Waals surface area contributed by atoms with Crippen LogP contribution in [0.4, 0.5) is 5.69 Å². The van der Waals surface area contributed by atoms with Gasteiger partial charge in [-0.05, 0) is 78.3 Å². The molecule has 0 aliphatic carbocycles. The van der Waals surface area contributed by atoms with Crippen LogP contribution in [0.1, 0.15) is 35.1 Å². The van der Waals surface area contributed by atoms with E-state index in [2.05, 4.69) is 38.0 Å². The predicted molar refractivity (Wildman–Crippen MR) is 217 cm³/mol. The number of H-pyrrole nitrogens is 1. The number of hydrogen-bond donors (Lipinski definition) is 4. The van der Waals surface area contributed by atoms with E-state index in [9.17, 15) is 19.2 Å². The van der Waals surface area contributed by atoms with Crippen LogP contribution in [0.25, 0.3) is 10.9 Å². The first-order chi connectivity index (χ1) is 27.3. The molecule has 1 spiro atoms. The van der Waals surface area contributed by atoms with Gasteiger partial charge in [0.2, 0.25) is 17.7 Å². The maximum atomic E-state index is 14.4. The third-order valence-corrected chi connectivity index (χ3v) is 11.8. The first-order valence-corrected chi connectivity index (χ1v) is 19.7. The van der Waals surface area contributed by atoms with Crippen molar-refractivity contribution < 1.29 is 19.2 Å². The highest BCUT2D eigenvalue weighted by molar-refractivity contribution is 6.30. The molecule has 5 aromatic rings. The lowest BCUT2D eigenvalue weighted by Gasteiger charge is -2.44. The van der Waals surface area contributed by atoms with E-state index in [1.807, 2.05) is 85.1 Å². The van der Waals surface area contributed by atoms with Gasteiger partial charge in [0.05, 0.1) is 12.7 Å². The number of fused-ring (bicyclic) bond motifs is 2. The minimum atomic E-state index is -0.920. The van der Waals surface area contributed by atoms with Crippen LogP contribution in [0.3, 0.4) is 0 Å². The molecule has 2 unspecified atom stereocenters. The number of aromatic amines is 1. The lowest BCUT2D eigenvalue weighted by atomic mass is 9.85. The van der Waals surface area contributed by atoms with Crippen molar-refractivity contribution in [2.24, 2.45) is 0 Å². The Morgan fingerprint density at radius 2 is 1.59 bits per heavy atom. The highest BCUT2D eigenvalue weighted by atomic mass is 35.5. The summed E-state index contributed by atoms with van der Waals surface area (Å²) in [5.74, 6) is -0.748. The first kappa shape index (κ1) is 37.3. The standard InChI is InChI=1S/C44H46ClN7O4/c45-34-16-14-30(15-17-34)24-39(49-41(54)38-25-31-8-4-5-9-32(31)26-48-38)42(55)50-22-19-44(20-23-50)43(56)51(29-52(44)35-10-2-1-3-11-35)28-40(53)46-21-18-33-27-47-37-13-7-6-12-36(33)37/h1-17,27,38-39,47-48H,18-26,28-29H2,(H,46,53)(H,49,54). The molecule has 4 heterocycles. The van der Waals surface area contributed by atoms with Crippen LogP contribution in [0.2, 0.25) is 5.02 Å². The van der Waals surface area contributed by atoms with Crippen molar-refractivity contribution in [1.82, 2.24) is 30.7 Å². The molecule has 3 aliphatic heterocycles. The summed E-state index contributed by atoms with van der Waals surface area (Å²) >= 11 is 6.17. The summed E-state index contributed by atoms with van der Waals surface area (Å²) in [7, 11) is 0. The lowest BCUT2D eigenvalue weighted by molar-refractivity contribution is -0.141. The highest BCUT2D eigenvalue weighted by Gasteiger charge is 2.54. The zero-order valence-electron chi connectivity index (χ0n) is 31.2. The number of likely N-dealkylation sites (tertiary alicyclic amines) is 1. The largest absolute Gasteiger partial charge is 0.361 e. The fourth-order valence-electron chi connectivity index (χ4n) is 8.51. The second-order valence-electron chi connectivity index (χ2n) is 15.0. The Morgan fingerprint density at radius 3 is 2.38 bits per heavy atom. The molecule has 2 saturated heterocycles. The number of halogens is 1. The average molecular weight is 772 g/mol. The van der Waals surface area contributed by atoms with Gasteiger partial charge < -0.3 is 35.6 Å². The van der Waals surface area contributed by atoms with Gasteiger partial charge >= 0.3 is 0 Å². The van der Waals surface area contributed by atoms with Crippen molar-refractivity contribution in [3.63, 3.8) is 0 Å². The van der Waals surface area contributed by atoms with Crippen molar-refractivity contribution in [1.29, 1.82) is 0 Å². The molecule has 8 rings (SSSR count). The topological polar surface area (TPSA) is 130 Å². The summed E-state index contributed by atoms with van der Waals surface area (Å²) in [4.78, 5) is 64.6. The van der Waals surface area contributed by atoms with Crippen molar-refractivity contribution in [3.05, 3.63) is 137 Å². The second kappa shape index (κ2) is 16.2. The third-order valence-electron chi connectivity index (χ3n) is 11.6. The Bertz CT molecular complexity index is 2220. The van der Waals surface area contributed by atoms with Crippen molar-refractivity contribution in [2.75, 3.05) is 37.7 Å². The minimum absolute atomic E-state index is 0.0602. The third kappa shape index (κ3) is 7.74. The molecule has 0 saturated carbocycles. The Morgan fingerprint density at radius 1 is 0.875 bits per heavy atom. The SMILES string of the molecule is O=C(CN1CN(c2ccccc2)C2(CCN(C(=O)C(Cc3ccc(Cl)cc3)NC(=O)C3Cc4ccccc4CN3)CC2)C1=O)NCCc1c[nH]c2ccccc12. The van der Waals surface area contributed by atoms with Gasteiger partial charge in [0.25, 0.3) is 5.91 Å². The summed E-state index contributed by atoms with van der Waals surface area (Å²) in [6.07, 6.45) is 4.23. The van der Waals surface area contributed by atoms with E-state index in [4.69, 9.17) is 11.6 Å². The van der Waals surface area contributed by atoms with E-state index in [0.717, 1.165) is 33.3 Å². The van der Waals surface area contributed by atoms with Crippen LogP contribution < -0.4 is 20.9 Å². The average Bonchev–Trinajstić information content (AvgIpc) is 3.76. The van der Waals surface area contributed by atoms with Gasteiger partial charge in [-0.3, -0.25) is 19.2 Å². The molecule has 288 valence electrons. The Kier molecular flexibility index (Phi) is 10.8. The smallest absolute Gasteiger partial charge is 0.250 e. The molecule has 3 aliphatic rings. The number of benzene rings is 4. The molecule has 4 N–H and O–H groups in total. The van der Waals surface area contributed by atoms with E-state index >= 15 is 0 Å². The number of nitrogens with zero attached hydrogens (tertiary/aromatic N) is 3. The number of aromatic nitrogens is 1. The highest BCUT2D eigenvalue weighted by Crippen LogP contribution is 2.39. The van der Waals surface area contributed by atoms with Crippen molar-refractivity contribution >= 4 is 51.8 Å². The molecular weight excluding hydrogens is 726 g/mol. The Labute approximate surface area is 331 Å². The quantitative estimate of drug-likeness (QED) is 0.156. The van der Waals surface area contributed by atoms with Gasteiger partial charge in [0.15, 0.2) is 0 Å². The molecular formula is C44H46ClN7O4. The minimum Gasteiger partial charge on any atom is -0.361 e. The van der Waals surface area contributed by atoms with Crippen LogP contribution in [0.15, 0.2) is 109 Å². The van der Waals surface area contributed by atoms with Gasteiger partial charge in [-0.1, -0.05) is 84.4 Å². The van der Waals surface area contributed by atoms with Gasteiger partial charge in [-0.2, -0.15) is 0 Å². The summed E-state index contributed by atoms with van der Waals surface area (Å²) in [6, 6.07) is 31.9. The second-order valence-corrected chi connectivity index (χ2v) is 15.5. The summed E-state index contributed by atoms with van der Waals surface area (Å²) < 4.78 is 0. The fourth-order valence-corrected chi connectivity index (χ4v) is 8.64. The van der Waals surface area contributed by atoms with E-state index in [-0.39, 0.29) is 36.8 Å². The fraction of sp³-hybridized carbons (Fsp3) is 0.318. The normalized spacial score (nSPS) is 18.2. The zero-order chi connectivity index (χ0) is 38.6. The number of amides is 4. The molecule has 0 radical (unpaired) electrons. The monoisotopic (exact) mass is 771 g/mol. The van der Waals surface area contributed by atoms with Gasteiger partial charge in [0, 0.05) is 60.4 Å². The number of hydrogen-bond acceptors (Lipinski definition) is 6. The van der Waals surface area contributed by atoms with Crippen LogP contribution in [0.5, 0.6) is 0 Å². The van der Waals surface area contributed by atoms with Crippen molar-refractivity contribution in [2.45, 2.75) is 56.3 Å². The van der Waals surface area contributed by atoms with E-state index in [1.54, 1.807) is 21.9 Å². The maximum Gasteiger partial charge on any atom is 0.250 e. The number of piperidine rings is 1. The summed E-state index contributed by atoms with van der Waals surface area (Å²) in [5, 5.41) is 11.2. The van der Waals surface area contributed by atoms with Crippen LogP contribution in [-0.2, 0) is 45.0 Å². The molecule has 1 aromatic heterocycles. The van der Waals surface area contributed by atoms with Crippen LogP contribution in [-0.4, -0.2) is 88.9 Å². The molecule has 4 amide bonds. The molecule has 2 atom stereocenters. The molecule has 56 heavy (non-hydrogen) atoms. The van der Waals surface area contributed by atoms with E-state index < -0.39 is 17.6 Å². The first-order valence-electron chi connectivity index (χ1n) is 19.3. The molecule has 0 bridgehead atoms. The number of carbonyl (C=O) groups is 4. The van der Waals surface area contributed by atoms with Gasteiger partial charge in [0.1, 0.15) is 18.1 Å². The maximum absolute atomic E-state index is 14.4. The number of para-hydroxylation sites is 2. The number of nitrogens with one attached hydrogen (secondary N) is 4. The van der Waals surface area contributed by atoms with Gasteiger partial charge in [-0.25, -0.2) is 0 Å². The van der Waals surface area contributed by atoms with Crippen LogP contribution in [0, 0.1) is 0 Å². The molecule has 4 aromatic carbocycles. The molecule has 12 heteroatoms. The van der Waals surface area contributed by atoms with Crippen molar-refractivity contribution in [3.8, 4) is 0 Å². The van der Waals surface area contributed by atoms with E-state index in [0.29, 0.717) is 63.3 Å². The molecule has 11 nitrogen and oxygen atoms in total. The molecule has 2 fully saturated rings. The zero-order valence-corrected chi connectivity index (χ0v) is 31.9. The summed E-state index contributed by atoms with van der Waals surface area (Å²) in [6.45, 7) is 1.87. The number of rotatable bonds is 11. The summed E-state index contributed by atoms with van der Waals surface area (Å²) in [5.41, 5.74) is 5.31. The Hall–Kier alpha value is -5.65. The lowest BCUT2D eigenvalue weighted by Crippen LogP contribution is -2.60. The van der Waals surface area contributed by atoms with Gasteiger partial charge in [-0.15, -0.1) is 0 Å². The van der Waals surface area contributed by atoms with E-state index in [1.165, 1.54) is 5.56 Å². The van der Waals surface area contributed by atoms with Crippen LogP contribution >= 0.6 is 11.6 Å². The predicted octanol–water partition coefficient (Wildman–Crippen LogP) is 4.59.